The van der Waals surface area contributed by atoms with E-state index in [1.807, 2.05) is 49.1 Å². The second kappa shape index (κ2) is 7.19. The normalized spacial score (nSPS) is 15.8. The number of para-hydroxylation sites is 1. The first-order chi connectivity index (χ1) is 13.0. The lowest BCUT2D eigenvalue weighted by Crippen LogP contribution is -2.45. The first-order valence-electron chi connectivity index (χ1n) is 9.43. The first kappa shape index (κ1) is 17.8. The summed E-state index contributed by atoms with van der Waals surface area (Å²) in [4.78, 5) is 17.0. The molecule has 1 aromatic carbocycles. The maximum atomic E-state index is 12.7. The van der Waals surface area contributed by atoms with E-state index < -0.39 is 0 Å². The zero-order valence-electron chi connectivity index (χ0n) is 16.1. The van der Waals surface area contributed by atoms with Crippen molar-refractivity contribution in [2.75, 3.05) is 20.1 Å². The fourth-order valence-corrected chi connectivity index (χ4v) is 3.94. The van der Waals surface area contributed by atoms with Crippen LogP contribution in [0.25, 0.3) is 11.0 Å². The number of likely N-dealkylation sites (tertiary alicyclic amines) is 1. The zero-order chi connectivity index (χ0) is 19.0. The third kappa shape index (κ3) is 3.49. The number of carbonyl (C=O) groups excluding carboxylic acids is 1. The molecule has 0 unspecified atom stereocenters. The Morgan fingerprint density at radius 3 is 2.70 bits per heavy atom. The van der Waals surface area contributed by atoms with Gasteiger partial charge in [-0.2, -0.15) is 0 Å². The molecule has 4 rings (SSSR count). The third-order valence-electron chi connectivity index (χ3n) is 5.50. The number of carbonyl (C=O) groups is 1. The number of aromatic nitrogens is 1. The van der Waals surface area contributed by atoms with E-state index in [9.17, 15) is 4.79 Å². The number of furan rings is 1. The molecule has 27 heavy (non-hydrogen) atoms. The first-order valence-corrected chi connectivity index (χ1v) is 9.43. The molecule has 0 N–H and O–H groups in total. The third-order valence-corrected chi connectivity index (χ3v) is 5.50. The van der Waals surface area contributed by atoms with E-state index in [4.69, 9.17) is 8.94 Å². The number of aryl methyl sites for hydroxylation is 2. The summed E-state index contributed by atoms with van der Waals surface area (Å²) in [5, 5.41) is 5.31. The molecule has 3 aromatic rings. The van der Waals surface area contributed by atoms with E-state index >= 15 is 0 Å². The van der Waals surface area contributed by atoms with E-state index in [2.05, 4.69) is 17.1 Å². The van der Waals surface area contributed by atoms with Gasteiger partial charge in [-0.05, 0) is 51.9 Å². The van der Waals surface area contributed by atoms with E-state index in [0.29, 0.717) is 17.4 Å². The van der Waals surface area contributed by atoms with Gasteiger partial charge in [-0.3, -0.25) is 9.69 Å². The van der Waals surface area contributed by atoms with Crippen LogP contribution in [0.15, 0.2) is 39.3 Å². The fourth-order valence-electron chi connectivity index (χ4n) is 3.94. The highest BCUT2D eigenvalue weighted by Crippen LogP contribution is 2.24. The molecule has 1 amide bonds. The topological polar surface area (TPSA) is 62.7 Å². The van der Waals surface area contributed by atoms with Crippen LogP contribution in [-0.4, -0.2) is 47.0 Å². The van der Waals surface area contributed by atoms with Crippen molar-refractivity contribution in [2.24, 2.45) is 0 Å². The van der Waals surface area contributed by atoms with Gasteiger partial charge in [0.1, 0.15) is 17.2 Å². The molecule has 0 aliphatic carbocycles. The maximum Gasteiger partial charge on any atom is 0.257 e. The Kier molecular flexibility index (Phi) is 4.74. The highest BCUT2D eigenvalue weighted by Gasteiger charge is 2.28. The SMILES string of the molecule is Cc1cc(C(=O)N2CCC(N(C)Cc3noc4ccccc34)CC2)c(C)o1. The van der Waals surface area contributed by atoms with E-state index in [1.54, 1.807) is 0 Å². The summed E-state index contributed by atoms with van der Waals surface area (Å²) in [6.45, 7) is 5.99. The van der Waals surface area contributed by atoms with E-state index in [0.717, 1.165) is 54.9 Å². The van der Waals surface area contributed by atoms with Crippen molar-refractivity contribution in [1.82, 2.24) is 15.0 Å². The number of amides is 1. The molecular formula is C21H25N3O3. The van der Waals surface area contributed by atoms with Gasteiger partial charge in [-0.1, -0.05) is 17.3 Å². The molecule has 1 saturated heterocycles. The average Bonchev–Trinajstić information content (AvgIpc) is 3.24. The number of fused-ring (bicyclic) bond motifs is 1. The summed E-state index contributed by atoms with van der Waals surface area (Å²) in [7, 11) is 2.12. The lowest BCUT2D eigenvalue weighted by atomic mass is 10.0. The highest BCUT2D eigenvalue weighted by molar-refractivity contribution is 5.95. The highest BCUT2D eigenvalue weighted by atomic mass is 16.5. The van der Waals surface area contributed by atoms with E-state index in [-0.39, 0.29) is 5.91 Å². The van der Waals surface area contributed by atoms with Crippen molar-refractivity contribution in [3.05, 3.63) is 53.1 Å². The Morgan fingerprint density at radius 1 is 1.26 bits per heavy atom. The second-order valence-electron chi connectivity index (χ2n) is 7.39. The molecular weight excluding hydrogens is 342 g/mol. The van der Waals surface area contributed by atoms with Gasteiger partial charge in [-0.15, -0.1) is 0 Å². The molecule has 0 bridgehead atoms. The van der Waals surface area contributed by atoms with Crippen LogP contribution in [0.3, 0.4) is 0 Å². The van der Waals surface area contributed by atoms with Gasteiger partial charge in [0, 0.05) is 31.1 Å². The number of rotatable bonds is 4. The predicted molar refractivity (Wildman–Crippen MR) is 103 cm³/mol. The molecule has 142 valence electrons. The van der Waals surface area contributed by atoms with Gasteiger partial charge in [0.25, 0.3) is 5.91 Å². The molecule has 0 atom stereocenters. The largest absolute Gasteiger partial charge is 0.466 e. The Balaban J connectivity index is 1.37. The number of hydrogen-bond acceptors (Lipinski definition) is 5. The molecule has 0 saturated carbocycles. The van der Waals surface area contributed by atoms with Crippen LogP contribution in [0.5, 0.6) is 0 Å². The van der Waals surface area contributed by atoms with Gasteiger partial charge < -0.3 is 13.8 Å². The van der Waals surface area contributed by atoms with Crippen molar-refractivity contribution in [3.63, 3.8) is 0 Å². The summed E-state index contributed by atoms with van der Waals surface area (Å²) in [6, 6.07) is 10.2. The van der Waals surface area contributed by atoms with Gasteiger partial charge in [-0.25, -0.2) is 0 Å². The maximum absolute atomic E-state index is 12.7. The van der Waals surface area contributed by atoms with Crippen LogP contribution in [0.1, 0.15) is 40.4 Å². The van der Waals surface area contributed by atoms with Crippen molar-refractivity contribution < 1.29 is 13.7 Å². The molecule has 0 spiro atoms. The van der Waals surface area contributed by atoms with Gasteiger partial charge >= 0.3 is 0 Å². The minimum Gasteiger partial charge on any atom is -0.466 e. The van der Waals surface area contributed by atoms with Crippen molar-refractivity contribution in [1.29, 1.82) is 0 Å². The quantitative estimate of drug-likeness (QED) is 0.702. The summed E-state index contributed by atoms with van der Waals surface area (Å²) in [5.41, 5.74) is 2.48. The number of nitrogens with zero attached hydrogens (tertiary/aromatic N) is 3. The van der Waals surface area contributed by atoms with Crippen LogP contribution < -0.4 is 0 Å². The van der Waals surface area contributed by atoms with Gasteiger partial charge in [0.15, 0.2) is 5.58 Å². The monoisotopic (exact) mass is 367 g/mol. The zero-order valence-corrected chi connectivity index (χ0v) is 16.1. The summed E-state index contributed by atoms with van der Waals surface area (Å²) < 4.78 is 10.9. The van der Waals surface area contributed by atoms with Crippen LogP contribution in [0.4, 0.5) is 0 Å². The van der Waals surface area contributed by atoms with Crippen LogP contribution >= 0.6 is 0 Å². The second-order valence-corrected chi connectivity index (χ2v) is 7.39. The van der Waals surface area contributed by atoms with Crippen molar-refractivity contribution in [3.8, 4) is 0 Å². The molecule has 1 aliphatic heterocycles. The molecule has 6 nitrogen and oxygen atoms in total. The predicted octanol–water partition coefficient (Wildman–Crippen LogP) is 3.77. The Bertz CT molecular complexity index is 951. The summed E-state index contributed by atoms with van der Waals surface area (Å²) in [5.74, 6) is 1.56. The molecule has 2 aromatic heterocycles. The Labute approximate surface area is 158 Å². The minimum absolute atomic E-state index is 0.0768. The lowest BCUT2D eigenvalue weighted by molar-refractivity contribution is 0.0636. The van der Waals surface area contributed by atoms with Gasteiger partial charge in [0.05, 0.1) is 5.56 Å². The molecule has 6 heteroatoms. The van der Waals surface area contributed by atoms with Crippen LogP contribution in [0.2, 0.25) is 0 Å². The summed E-state index contributed by atoms with van der Waals surface area (Å²) >= 11 is 0. The van der Waals surface area contributed by atoms with Crippen molar-refractivity contribution >= 4 is 16.9 Å². The van der Waals surface area contributed by atoms with Crippen molar-refractivity contribution in [2.45, 2.75) is 39.3 Å². The average molecular weight is 367 g/mol. The lowest BCUT2D eigenvalue weighted by Gasteiger charge is -2.36. The minimum atomic E-state index is 0.0768. The smallest absolute Gasteiger partial charge is 0.257 e. The van der Waals surface area contributed by atoms with E-state index in [1.165, 1.54) is 0 Å². The molecule has 1 fully saturated rings. The number of hydrogen-bond donors (Lipinski definition) is 0. The van der Waals surface area contributed by atoms with Crippen LogP contribution in [-0.2, 0) is 6.54 Å². The fraction of sp³-hybridized carbons (Fsp3) is 0.429. The number of piperidine rings is 1. The Morgan fingerprint density at radius 2 is 2.00 bits per heavy atom. The molecule has 1 aliphatic rings. The summed E-state index contributed by atoms with van der Waals surface area (Å²) in [6.07, 6.45) is 1.90. The van der Waals surface area contributed by atoms with Gasteiger partial charge in [0.2, 0.25) is 0 Å². The molecule has 3 heterocycles. The Hall–Kier alpha value is -2.60. The van der Waals surface area contributed by atoms with Crippen LogP contribution in [0, 0.1) is 13.8 Å². The molecule has 0 radical (unpaired) electrons. The standard InChI is InChI=1S/C21H25N3O3/c1-14-12-18(15(2)26-14)21(25)24-10-8-16(9-11-24)23(3)13-19-17-6-4-5-7-20(17)27-22-19/h4-7,12,16H,8-11,13H2,1-3H3. The number of benzene rings is 1.